The quantitative estimate of drug-likeness (QED) is 0.915. The third-order valence-electron chi connectivity index (χ3n) is 3.69. The van der Waals surface area contributed by atoms with Crippen LogP contribution in [0.15, 0.2) is 18.2 Å². The minimum absolute atomic E-state index is 0.318. The van der Waals surface area contributed by atoms with Gasteiger partial charge in [-0.3, -0.25) is 4.79 Å². The third-order valence-corrected chi connectivity index (χ3v) is 3.69. The Morgan fingerprint density at radius 2 is 2.00 bits per heavy atom. The number of amides is 1. The Hall–Kier alpha value is -2.24. The summed E-state index contributed by atoms with van der Waals surface area (Å²) in [5.41, 5.74) is 0.353. The highest BCUT2D eigenvalue weighted by molar-refractivity contribution is 5.99. The van der Waals surface area contributed by atoms with E-state index < -0.39 is 12.0 Å². The maximum absolute atomic E-state index is 12.6. The number of hydrogen-bond acceptors (Lipinski definition) is 4. The fraction of sp³-hybridized carbons (Fsp3) is 0.467. The zero-order valence-corrected chi connectivity index (χ0v) is 12.2. The molecule has 0 radical (unpaired) electrons. The molecule has 1 aliphatic rings. The number of hydrogen-bond donors (Lipinski definition) is 1. The molecule has 1 saturated heterocycles. The van der Waals surface area contributed by atoms with Gasteiger partial charge in [0.2, 0.25) is 0 Å². The van der Waals surface area contributed by atoms with Gasteiger partial charge in [0.15, 0.2) is 0 Å². The summed E-state index contributed by atoms with van der Waals surface area (Å²) in [4.78, 5) is 25.4. The molecule has 0 saturated carbocycles. The van der Waals surface area contributed by atoms with E-state index in [1.807, 2.05) is 0 Å². The van der Waals surface area contributed by atoms with Crippen molar-refractivity contribution in [3.05, 3.63) is 23.8 Å². The largest absolute Gasteiger partial charge is 0.497 e. The second kappa shape index (κ2) is 6.47. The van der Waals surface area contributed by atoms with Gasteiger partial charge in [0.25, 0.3) is 5.91 Å². The first-order valence-corrected chi connectivity index (χ1v) is 6.84. The molecule has 1 aromatic rings. The van der Waals surface area contributed by atoms with Crippen molar-refractivity contribution >= 4 is 11.9 Å². The maximum Gasteiger partial charge on any atom is 0.326 e. The molecule has 6 heteroatoms. The Morgan fingerprint density at radius 1 is 1.24 bits per heavy atom. The standard InChI is InChI=1S/C15H19NO5/c1-20-10-6-7-11(13(9-10)21-2)14(17)16-8-4-3-5-12(16)15(18)19/h6-7,9,12H,3-5,8H2,1-2H3,(H,18,19)/t12-/m1/s1. The first-order chi connectivity index (χ1) is 10.1. The molecule has 0 aliphatic carbocycles. The number of carboxylic acid groups (broad SMARTS) is 1. The molecule has 6 nitrogen and oxygen atoms in total. The SMILES string of the molecule is COc1ccc(C(=O)N2CCCC[C@@H]2C(=O)O)c(OC)c1. The highest BCUT2D eigenvalue weighted by Crippen LogP contribution is 2.28. The van der Waals surface area contributed by atoms with E-state index in [9.17, 15) is 14.7 Å². The number of likely N-dealkylation sites (tertiary alicyclic amines) is 1. The number of piperidine rings is 1. The lowest BCUT2D eigenvalue weighted by molar-refractivity contribution is -0.143. The average Bonchev–Trinajstić information content (AvgIpc) is 2.53. The Kier molecular flexibility index (Phi) is 4.67. The summed E-state index contributed by atoms with van der Waals surface area (Å²) in [6, 6.07) is 4.12. The van der Waals surface area contributed by atoms with Gasteiger partial charge >= 0.3 is 5.97 Å². The molecular formula is C15H19NO5. The second-order valence-electron chi connectivity index (χ2n) is 4.91. The van der Waals surface area contributed by atoms with Crippen LogP contribution in [-0.2, 0) is 4.79 Å². The summed E-state index contributed by atoms with van der Waals surface area (Å²) >= 11 is 0. The zero-order valence-electron chi connectivity index (χ0n) is 12.2. The smallest absolute Gasteiger partial charge is 0.326 e. The molecule has 1 aliphatic heterocycles. The van der Waals surface area contributed by atoms with Gasteiger partial charge in [-0.1, -0.05) is 0 Å². The highest BCUT2D eigenvalue weighted by atomic mass is 16.5. The average molecular weight is 293 g/mol. The van der Waals surface area contributed by atoms with Gasteiger partial charge in [-0.25, -0.2) is 4.79 Å². The molecule has 0 aromatic heterocycles. The number of aliphatic carboxylic acids is 1. The normalized spacial score (nSPS) is 18.2. The second-order valence-corrected chi connectivity index (χ2v) is 4.91. The van der Waals surface area contributed by atoms with Crippen LogP contribution in [0.1, 0.15) is 29.6 Å². The predicted octanol–water partition coefficient (Wildman–Crippen LogP) is 1.78. The topological polar surface area (TPSA) is 76.1 Å². The number of carbonyl (C=O) groups excluding carboxylic acids is 1. The van der Waals surface area contributed by atoms with Crippen LogP contribution in [0.3, 0.4) is 0 Å². The van der Waals surface area contributed by atoms with Crippen molar-refractivity contribution in [3.8, 4) is 11.5 Å². The van der Waals surface area contributed by atoms with Gasteiger partial charge in [0, 0.05) is 12.6 Å². The van der Waals surface area contributed by atoms with Gasteiger partial charge in [-0.05, 0) is 31.4 Å². The molecule has 21 heavy (non-hydrogen) atoms. The number of benzene rings is 1. The lowest BCUT2D eigenvalue weighted by Gasteiger charge is -2.33. The van der Waals surface area contributed by atoms with E-state index in [1.165, 1.54) is 19.1 Å². The van der Waals surface area contributed by atoms with Crippen molar-refractivity contribution in [2.45, 2.75) is 25.3 Å². The molecular weight excluding hydrogens is 274 g/mol. The Labute approximate surface area is 123 Å². The predicted molar refractivity (Wildman–Crippen MR) is 75.9 cm³/mol. The summed E-state index contributed by atoms with van der Waals surface area (Å²) < 4.78 is 10.3. The Balaban J connectivity index is 2.31. The third kappa shape index (κ3) is 3.09. The van der Waals surface area contributed by atoms with E-state index in [2.05, 4.69) is 0 Å². The summed E-state index contributed by atoms with van der Waals surface area (Å²) in [6.45, 7) is 0.449. The minimum atomic E-state index is -0.962. The van der Waals surface area contributed by atoms with Crippen molar-refractivity contribution in [3.63, 3.8) is 0 Å². The lowest BCUT2D eigenvalue weighted by atomic mass is 10.0. The van der Waals surface area contributed by atoms with Crippen LogP contribution < -0.4 is 9.47 Å². The summed E-state index contributed by atoms with van der Waals surface area (Å²) in [5, 5.41) is 9.27. The molecule has 1 aromatic carbocycles. The van der Waals surface area contributed by atoms with Gasteiger partial charge < -0.3 is 19.5 Å². The molecule has 1 fully saturated rings. The summed E-state index contributed by atoms with van der Waals surface area (Å²) in [5.74, 6) is -0.317. The van der Waals surface area contributed by atoms with Crippen LogP contribution in [0.4, 0.5) is 0 Å². The van der Waals surface area contributed by atoms with Crippen LogP contribution >= 0.6 is 0 Å². The molecule has 0 unspecified atom stereocenters. The van der Waals surface area contributed by atoms with Crippen molar-refractivity contribution in [1.29, 1.82) is 0 Å². The van der Waals surface area contributed by atoms with Crippen LogP contribution in [0.2, 0.25) is 0 Å². The zero-order chi connectivity index (χ0) is 15.4. The fourth-order valence-electron chi connectivity index (χ4n) is 2.56. The monoisotopic (exact) mass is 293 g/mol. The Morgan fingerprint density at radius 3 is 2.62 bits per heavy atom. The Bertz CT molecular complexity index is 543. The van der Waals surface area contributed by atoms with E-state index in [1.54, 1.807) is 18.2 Å². The first kappa shape index (κ1) is 15.2. The maximum atomic E-state index is 12.6. The van der Waals surface area contributed by atoms with E-state index in [-0.39, 0.29) is 5.91 Å². The summed E-state index contributed by atoms with van der Waals surface area (Å²) in [6.07, 6.45) is 2.12. The van der Waals surface area contributed by atoms with Crippen molar-refractivity contribution in [1.82, 2.24) is 4.90 Å². The van der Waals surface area contributed by atoms with Crippen LogP contribution in [-0.4, -0.2) is 48.7 Å². The number of methoxy groups -OCH3 is 2. The van der Waals surface area contributed by atoms with Crippen molar-refractivity contribution in [2.75, 3.05) is 20.8 Å². The lowest BCUT2D eigenvalue weighted by Crippen LogP contribution is -2.48. The van der Waals surface area contributed by atoms with Crippen LogP contribution in [0, 0.1) is 0 Å². The number of ether oxygens (including phenoxy) is 2. The number of nitrogens with zero attached hydrogens (tertiary/aromatic N) is 1. The molecule has 1 heterocycles. The van der Waals surface area contributed by atoms with Crippen molar-refractivity contribution in [2.24, 2.45) is 0 Å². The van der Waals surface area contributed by atoms with Crippen LogP contribution in [0.25, 0.3) is 0 Å². The van der Waals surface area contributed by atoms with Gasteiger partial charge in [-0.2, -0.15) is 0 Å². The number of rotatable bonds is 4. The van der Waals surface area contributed by atoms with E-state index in [0.717, 1.165) is 12.8 Å². The molecule has 1 atom stereocenters. The van der Waals surface area contributed by atoms with E-state index in [4.69, 9.17) is 9.47 Å². The summed E-state index contributed by atoms with van der Waals surface area (Å²) in [7, 11) is 3.00. The fourth-order valence-corrected chi connectivity index (χ4v) is 2.56. The van der Waals surface area contributed by atoms with Crippen molar-refractivity contribution < 1.29 is 24.2 Å². The molecule has 114 valence electrons. The highest BCUT2D eigenvalue weighted by Gasteiger charge is 2.33. The van der Waals surface area contributed by atoms with E-state index in [0.29, 0.717) is 30.0 Å². The van der Waals surface area contributed by atoms with E-state index >= 15 is 0 Å². The van der Waals surface area contributed by atoms with Crippen LogP contribution in [0.5, 0.6) is 11.5 Å². The molecule has 0 bridgehead atoms. The van der Waals surface area contributed by atoms with Gasteiger partial charge in [0.05, 0.1) is 19.8 Å². The van der Waals surface area contributed by atoms with Gasteiger partial charge in [0.1, 0.15) is 17.5 Å². The molecule has 1 amide bonds. The number of carbonyl (C=O) groups is 2. The molecule has 2 rings (SSSR count). The number of carboxylic acids is 1. The molecule has 0 spiro atoms. The van der Waals surface area contributed by atoms with Gasteiger partial charge in [-0.15, -0.1) is 0 Å². The molecule has 1 N–H and O–H groups in total. The minimum Gasteiger partial charge on any atom is -0.497 e. The first-order valence-electron chi connectivity index (χ1n) is 6.84.